The molecule has 144 valence electrons. The van der Waals surface area contributed by atoms with Gasteiger partial charge in [-0.3, -0.25) is 4.90 Å². The lowest BCUT2D eigenvalue weighted by Gasteiger charge is -2.33. The van der Waals surface area contributed by atoms with E-state index < -0.39 is 36.2 Å². The smallest absolute Gasteiger partial charge is 0.411 e. The van der Waals surface area contributed by atoms with Crippen molar-refractivity contribution in [3.63, 3.8) is 0 Å². The predicted molar refractivity (Wildman–Crippen MR) is 89.8 cm³/mol. The largest absolute Gasteiger partial charge is 0.464 e. The number of nitrogens with two attached hydrogens (primary N) is 1. The standard InChI is InChI=1S/C17H23F2N3O4/c1-17(2,3)26-16(24)22-12(5-6-13(22)14(18)19)9-7-11(15(23)25-4)21-8-10(9)20/h7-8,12-14H,5-6,20H2,1-4H3. The van der Waals surface area contributed by atoms with Crippen molar-refractivity contribution in [2.45, 2.75) is 57.7 Å². The van der Waals surface area contributed by atoms with E-state index in [2.05, 4.69) is 9.72 Å². The third-order valence-corrected chi connectivity index (χ3v) is 4.05. The number of pyridine rings is 1. The van der Waals surface area contributed by atoms with Gasteiger partial charge in [0.15, 0.2) is 0 Å². The van der Waals surface area contributed by atoms with E-state index in [9.17, 15) is 18.4 Å². The highest BCUT2D eigenvalue weighted by Gasteiger charge is 2.45. The number of nitrogens with zero attached hydrogens (tertiary/aromatic N) is 2. The first-order chi connectivity index (χ1) is 12.0. The molecule has 1 aliphatic heterocycles. The van der Waals surface area contributed by atoms with Crippen LogP contribution in [0.2, 0.25) is 0 Å². The third-order valence-electron chi connectivity index (χ3n) is 4.05. The third kappa shape index (κ3) is 4.20. The van der Waals surface area contributed by atoms with Gasteiger partial charge < -0.3 is 15.2 Å². The number of amides is 1. The highest BCUT2D eigenvalue weighted by Crippen LogP contribution is 2.41. The molecule has 26 heavy (non-hydrogen) atoms. The van der Waals surface area contributed by atoms with E-state index >= 15 is 0 Å². The number of nitrogen functional groups attached to an aromatic ring is 1. The summed E-state index contributed by atoms with van der Waals surface area (Å²) >= 11 is 0. The fourth-order valence-corrected chi connectivity index (χ4v) is 2.95. The van der Waals surface area contributed by atoms with Gasteiger partial charge in [0.05, 0.1) is 31.1 Å². The van der Waals surface area contributed by atoms with Crippen molar-refractivity contribution in [3.8, 4) is 0 Å². The molecule has 0 spiro atoms. The average Bonchev–Trinajstić information content (AvgIpc) is 2.98. The number of anilines is 1. The molecule has 9 heteroatoms. The second-order valence-electron chi connectivity index (χ2n) is 7.07. The van der Waals surface area contributed by atoms with Crippen LogP contribution in [0.25, 0.3) is 0 Å². The summed E-state index contributed by atoms with van der Waals surface area (Å²) in [5.41, 5.74) is 5.66. The van der Waals surface area contributed by atoms with Gasteiger partial charge in [0, 0.05) is 5.56 Å². The lowest BCUT2D eigenvalue weighted by molar-refractivity contribution is -0.0121. The van der Waals surface area contributed by atoms with Crippen molar-refractivity contribution in [3.05, 3.63) is 23.5 Å². The topological polar surface area (TPSA) is 94.8 Å². The molecule has 1 aliphatic rings. The molecule has 1 fully saturated rings. The van der Waals surface area contributed by atoms with E-state index in [0.29, 0.717) is 5.56 Å². The van der Waals surface area contributed by atoms with Gasteiger partial charge in [0.1, 0.15) is 11.3 Å². The van der Waals surface area contributed by atoms with Crippen LogP contribution in [-0.2, 0) is 9.47 Å². The van der Waals surface area contributed by atoms with Gasteiger partial charge in [-0.05, 0) is 39.7 Å². The molecule has 1 aromatic rings. The second kappa shape index (κ2) is 7.43. The van der Waals surface area contributed by atoms with Gasteiger partial charge >= 0.3 is 12.1 Å². The molecule has 0 radical (unpaired) electrons. The Hall–Kier alpha value is -2.45. The molecular weight excluding hydrogens is 348 g/mol. The van der Waals surface area contributed by atoms with Crippen LogP contribution in [0, 0.1) is 0 Å². The number of methoxy groups -OCH3 is 1. The molecule has 1 amide bonds. The number of aromatic nitrogens is 1. The number of halogens is 2. The van der Waals surface area contributed by atoms with Crippen LogP contribution < -0.4 is 5.73 Å². The van der Waals surface area contributed by atoms with E-state index in [1.807, 2.05) is 0 Å². The molecule has 2 atom stereocenters. The van der Waals surface area contributed by atoms with E-state index in [1.54, 1.807) is 20.8 Å². The number of hydrogen-bond donors (Lipinski definition) is 1. The minimum Gasteiger partial charge on any atom is -0.464 e. The summed E-state index contributed by atoms with van der Waals surface area (Å²) in [6, 6.07) is -0.656. The molecule has 2 N–H and O–H groups in total. The molecule has 0 bridgehead atoms. The Bertz CT molecular complexity index is 691. The van der Waals surface area contributed by atoms with Crippen LogP contribution in [0.4, 0.5) is 19.3 Å². The maximum Gasteiger partial charge on any atom is 0.411 e. The van der Waals surface area contributed by atoms with Gasteiger partial charge in [-0.25, -0.2) is 23.4 Å². The minimum absolute atomic E-state index is 0.0127. The Morgan fingerprint density at radius 3 is 2.54 bits per heavy atom. The van der Waals surface area contributed by atoms with Crippen molar-refractivity contribution in [2.24, 2.45) is 0 Å². The van der Waals surface area contributed by atoms with Crippen LogP contribution in [-0.4, -0.2) is 47.1 Å². The van der Waals surface area contributed by atoms with Gasteiger partial charge in [-0.15, -0.1) is 0 Å². The minimum atomic E-state index is -2.73. The Labute approximate surface area is 150 Å². The lowest BCUT2D eigenvalue weighted by Crippen LogP contribution is -2.44. The van der Waals surface area contributed by atoms with Crippen LogP contribution in [0.3, 0.4) is 0 Å². The molecule has 1 aromatic heterocycles. The monoisotopic (exact) mass is 371 g/mol. The van der Waals surface area contributed by atoms with E-state index in [4.69, 9.17) is 10.5 Å². The summed E-state index contributed by atoms with van der Waals surface area (Å²) in [5.74, 6) is -0.682. The summed E-state index contributed by atoms with van der Waals surface area (Å²) < 4.78 is 36.9. The van der Waals surface area contributed by atoms with Crippen molar-refractivity contribution in [2.75, 3.05) is 12.8 Å². The van der Waals surface area contributed by atoms with Crippen LogP contribution in [0.15, 0.2) is 12.3 Å². The summed E-state index contributed by atoms with van der Waals surface area (Å²) in [6.07, 6.45) is -1.96. The number of ether oxygens (including phenoxy) is 2. The van der Waals surface area contributed by atoms with Crippen LogP contribution in [0.5, 0.6) is 0 Å². The van der Waals surface area contributed by atoms with Crippen molar-refractivity contribution in [1.82, 2.24) is 9.88 Å². The fraction of sp³-hybridized carbons (Fsp3) is 0.588. The molecule has 2 rings (SSSR count). The maximum atomic E-state index is 13.5. The quantitative estimate of drug-likeness (QED) is 0.820. The number of hydrogen-bond acceptors (Lipinski definition) is 6. The summed E-state index contributed by atoms with van der Waals surface area (Å²) in [5, 5.41) is 0. The first-order valence-corrected chi connectivity index (χ1v) is 8.18. The van der Waals surface area contributed by atoms with Crippen LogP contribution >= 0.6 is 0 Å². The Kier molecular flexibility index (Phi) is 5.68. The fourth-order valence-electron chi connectivity index (χ4n) is 2.95. The molecule has 0 saturated carbocycles. The first-order valence-electron chi connectivity index (χ1n) is 8.18. The molecule has 7 nitrogen and oxygen atoms in total. The molecular formula is C17H23F2N3O4. The Morgan fingerprint density at radius 2 is 2.00 bits per heavy atom. The molecule has 1 saturated heterocycles. The number of likely N-dealkylation sites (tertiary alicyclic amines) is 1. The highest BCUT2D eigenvalue weighted by molar-refractivity contribution is 5.87. The zero-order valence-corrected chi connectivity index (χ0v) is 15.2. The number of esters is 1. The van der Waals surface area contributed by atoms with Gasteiger partial charge in [-0.2, -0.15) is 0 Å². The van der Waals surface area contributed by atoms with Crippen molar-refractivity contribution >= 4 is 17.7 Å². The summed E-state index contributed by atoms with van der Waals surface area (Å²) in [7, 11) is 1.20. The van der Waals surface area contributed by atoms with Gasteiger partial charge in [0.25, 0.3) is 6.43 Å². The van der Waals surface area contributed by atoms with Gasteiger partial charge in [-0.1, -0.05) is 0 Å². The Balaban J connectivity index is 2.43. The molecule has 0 aliphatic carbocycles. The van der Waals surface area contributed by atoms with E-state index in [-0.39, 0.29) is 24.2 Å². The Morgan fingerprint density at radius 1 is 1.35 bits per heavy atom. The average molecular weight is 371 g/mol. The lowest BCUT2D eigenvalue weighted by atomic mass is 10.0. The van der Waals surface area contributed by atoms with Crippen molar-refractivity contribution < 1.29 is 27.8 Å². The summed E-state index contributed by atoms with van der Waals surface area (Å²) in [4.78, 5) is 29.2. The summed E-state index contributed by atoms with van der Waals surface area (Å²) in [6.45, 7) is 4.97. The number of carbonyl (C=O) groups excluding carboxylic acids is 2. The normalized spacial score (nSPS) is 20.3. The number of rotatable bonds is 3. The predicted octanol–water partition coefficient (Wildman–Crippen LogP) is 3.16. The van der Waals surface area contributed by atoms with Crippen LogP contribution in [0.1, 0.15) is 55.7 Å². The molecule has 2 unspecified atom stereocenters. The van der Waals surface area contributed by atoms with E-state index in [0.717, 1.165) is 4.90 Å². The SMILES string of the molecule is COC(=O)c1cc(C2CCC(C(F)F)N2C(=O)OC(C)(C)C)c(N)cn1. The first kappa shape index (κ1) is 19.9. The molecule has 0 aromatic carbocycles. The second-order valence-corrected chi connectivity index (χ2v) is 7.07. The zero-order chi connectivity index (χ0) is 19.6. The number of alkyl halides is 2. The highest BCUT2D eigenvalue weighted by atomic mass is 19.3. The van der Waals surface area contributed by atoms with Gasteiger partial charge in [0.2, 0.25) is 0 Å². The van der Waals surface area contributed by atoms with E-state index in [1.165, 1.54) is 19.4 Å². The van der Waals surface area contributed by atoms with Crippen molar-refractivity contribution in [1.29, 1.82) is 0 Å². The molecule has 2 heterocycles. The number of carbonyl (C=O) groups is 2. The maximum absolute atomic E-state index is 13.5. The zero-order valence-electron chi connectivity index (χ0n) is 15.2.